The van der Waals surface area contributed by atoms with Crippen LogP contribution in [-0.2, 0) is 16.2 Å². The standard InChI is InChI=1S/C27H33FN4O4/c1-19(33)36-29-24-12-15-30(2)27(35)25-23(24)11-18-32(25)14-4-3-13-31-16-9-21(10-17-31)26(34)20-5-7-22(28)8-6-20/h5-8,11,18,21H,3-4,9-10,12-17H2,1-2H3. The van der Waals surface area contributed by atoms with E-state index in [-0.39, 0.29) is 23.4 Å². The van der Waals surface area contributed by atoms with E-state index in [1.165, 1.54) is 19.1 Å². The molecule has 9 heteroatoms. The van der Waals surface area contributed by atoms with Crippen LogP contribution in [0.1, 0.15) is 65.4 Å². The zero-order valence-corrected chi connectivity index (χ0v) is 20.9. The second-order valence-corrected chi connectivity index (χ2v) is 9.56. The fourth-order valence-corrected chi connectivity index (χ4v) is 4.92. The van der Waals surface area contributed by atoms with Gasteiger partial charge in [-0.1, -0.05) is 5.16 Å². The van der Waals surface area contributed by atoms with Gasteiger partial charge in [0, 0.05) is 56.7 Å². The lowest BCUT2D eigenvalue weighted by molar-refractivity contribution is -0.140. The Labute approximate surface area is 210 Å². The quantitative estimate of drug-likeness (QED) is 0.241. The van der Waals surface area contributed by atoms with Crippen molar-refractivity contribution < 1.29 is 23.6 Å². The fraction of sp³-hybridized carbons (Fsp3) is 0.481. The smallest absolute Gasteiger partial charge is 0.331 e. The van der Waals surface area contributed by atoms with Gasteiger partial charge in [-0.05, 0) is 75.6 Å². The first kappa shape index (κ1) is 25.8. The Morgan fingerprint density at radius 1 is 1.06 bits per heavy atom. The van der Waals surface area contributed by atoms with Gasteiger partial charge in [-0.25, -0.2) is 9.18 Å². The van der Waals surface area contributed by atoms with Crippen LogP contribution in [0.4, 0.5) is 4.39 Å². The van der Waals surface area contributed by atoms with Crippen LogP contribution in [0, 0.1) is 11.7 Å². The van der Waals surface area contributed by atoms with Crippen LogP contribution in [-0.4, -0.2) is 71.0 Å². The maximum atomic E-state index is 13.1. The number of aryl methyl sites for hydroxylation is 1. The van der Waals surface area contributed by atoms with Crippen LogP contribution in [0.5, 0.6) is 0 Å². The third kappa shape index (κ3) is 6.07. The average Bonchev–Trinajstić information content (AvgIpc) is 3.25. The Hall–Kier alpha value is -3.33. The van der Waals surface area contributed by atoms with Gasteiger partial charge >= 0.3 is 5.97 Å². The first-order valence-electron chi connectivity index (χ1n) is 12.5. The summed E-state index contributed by atoms with van der Waals surface area (Å²) in [7, 11) is 1.77. The fourth-order valence-electron chi connectivity index (χ4n) is 4.92. The van der Waals surface area contributed by atoms with Gasteiger partial charge < -0.3 is 19.2 Å². The molecule has 192 valence electrons. The minimum absolute atomic E-state index is 0.00659. The molecule has 2 aliphatic rings. The molecular weight excluding hydrogens is 463 g/mol. The maximum Gasteiger partial charge on any atom is 0.331 e. The zero-order valence-electron chi connectivity index (χ0n) is 20.9. The van der Waals surface area contributed by atoms with Gasteiger partial charge in [-0.2, -0.15) is 0 Å². The molecule has 1 aromatic heterocycles. The number of nitrogens with zero attached hydrogens (tertiary/aromatic N) is 4. The molecular formula is C27H33FN4O4. The number of likely N-dealkylation sites (tertiary alicyclic amines) is 1. The highest BCUT2D eigenvalue weighted by Gasteiger charge is 2.28. The van der Waals surface area contributed by atoms with Crippen molar-refractivity contribution in [1.82, 2.24) is 14.4 Å². The van der Waals surface area contributed by atoms with Gasteiger partial charge in [-0.15, -0.1) is 0 Å². The van der Waals surface area contributed by atoms with Gasteiger partial charge in [0.25, 0.3) is 5.91 Å². The number of ketones is 1. The largest absolute Gasteiger partial charge is 0.343 e. The molecule has 0 atom stereocenters. The molecule has 2 aliphatic heterocycles. The number of piperidine rings is 1. The van der Waals surface area contributed by atoms with Crippen LogP contribution in [0.25, 0.3) is 0 Å². The summed E-state index contributed by atoms with van der Waals surface area (Å²) in [4.78, 5) is 45.8. The van der Waals surface area contributed by atoms with Gasteiger partial charge in [0.15, 0.2) is 5.78 Å². The summed E-state index contributed by atoms with van der Waals surface area (Å²) in [5, 5.41) is 3.99. The predicted molar refractivity (Wildman–Crippen MR) is 133 cm³/mol. The number of unbranched alkanes of at least 4 members (excludes halogenated alkanes) is 1. The topological polar surface area (TPSA) is 84.2 Å². The van der Waals surface area contributed by atoms with Crippen molar-refractivity contribution in [1.29, 1.82) is 0 Å². The van der Waals surface area contributed by atoms with Crippen LogP contribution in [0.15, 0.2) is 41.7 Å². The molecule has 3 heterocycles. The summed E-state index contributed by atoms with van der Waals surface area (Å²) in [5.74, 6) is -0.779. The van der Waals surface area contributed by atoms with E-state index in [2.05, 4.69) is 10.1 Å². The summed E-state index contributed by atoms with van der Waals surface area (Å²) in [5.41, 5.74) is 2.50. The van der Waals surface area contributed by atoms with E-state index in [0.29, 0.717) is 36.5 Å². The van der Waals surface area contributed by atoms with Gasteiger partial charge in [-0.3, -0.25) is 9.59 Å². The van der Waals surface area contributed by atoms with E-state index in [4.69, 9.17) is 4.84 Å². The van der Waals surface area contributed by atoms with Crippen LogP contribution in [0.3, 0.4) is 0 Å². The average molecular weight is 497 g/mol. The normalized spacial score (nSPS) is 18.2. The molecule has 0 radical (unpaired) electrons. The highest BCUT2D eigenvalue weighted by Crippen LogP contribution is 2.23. The number of carbonyl (C=O) groups excluding carboxylic acids is 3. The number of hydrogen-bond donors (Lipinski definition) is 0. The number of rotatable bonds is 8. The monoisotopic (exact) mass is 496 g/mol. The van der Waals surface area contributed by atoms with Crippen LogP contribution in [0.2, 0.25) is 0 Å². The van der Waals surface area contributed by atoms with E-state index in [9.17, 15) is 18.8 Å². The number of benzene rings is 1. The molecule has 0 unspecified atom stereocenters. The lowest BCUT2D eigenvalue weighted by Crippen LogP contribution is -2.37. The molecule has 0 N–H and O–H groups in total. The van der Waals surface area contributed by atoms with Gasteiger partial charge in [0.2, 0.25) is 0 Å². The molecule has 0 aliphatic carbocycles. The van der Waals surface area contributed by atoms with Crippen molar-refractivity contribution in [2.75, 3.05) is 33.2 Å². The number of halogens is 1. The number of aromatic nitrogens is 1. The van der Waals surface area contributed by atoms with E-state index in [0.717, 1.165) is 50.9 Å². The third-order valence-corrected chi connectivity index (χ3v) is 7.00. The Morgan fingerprint density at radius 3 is 2.44 bits per heavy atom. The highest BCUT2D eigenvalue weighted by molar-refractivity contribution is 6.11. The lowest BCUT2D eigenvalue weighted by Gasteiger charge is -2.31. The van der Waals surface area contributed by atoms with Crippen LogP contribution < -0.4 is 0 Å². The molecule has 0 bridgehead atoms. The van der Waals surface area contributed by atoms with Crippen molar-refractivity contribution in [2.24, 2.45) is 11.1 Å². The van der Waals surface area contributed by atoms with Crippen molar-refractivity contribution in [3.05, 3.63) is 59.2 Å². The molecule has 1 saturated heterocycles. The Morgan fingerprint density at radius 2 is 1.75 bits per heavy atom. The third-order valence-electron chi connectivity index (χ3n) is 7.00. The molecule has 2 aromatic rings. The summed E-state index contributed by atoms with van der Waals surface area (Å²) in [6, 6.07) is 7.69. The van der Waals surface area contributed by atoms with E-state index in [1.54, 1.807) is 24.1 Å². The molecule has 0 spiro atoms. The first-order chi connectivity index (χ1) is 17.3. The number of Topliss-reactive ketones (excluding diaryl/α,β-unsaturated/α-hetero) is 1. The Bertz CT molecular complexity index is 1130. The van der Waals surface area contributed by atoms with Crippen molar-refractivity contribution in [2.45, 2.75) is 45.6 Å². The number of carbonyl (C=O) groups is 3. The van der Waals surface area contributed by atoms with Gasteiger partial charge in [0.1, 0.15) is 11.5 Å². The lowest BCUT2D eigenvalue weighted by atomic mass is 9.89. The maximum absolute atomic E-state index is 13.1. The summed E-state index contributed by atoms with van der Waals surface area (Å²) in [6.07, 6.45) is 5.92. The molecule has 1 fully saturated rings. The van der Waals surface area contributed by atoms with E-state index >= 15 is 0 Å². The summed E-state index contributed by atoms with van der Waals surface area (Å²) < 4.78 is 15.1. The van der Waals surface area contributed by atoms with Gasteiger partial charge in [0.05, 0.1) is 5.71 Å². The number of oxime groups is 1. The van der Waals surface area contributed by atoms with Crippen molar-refractivity contribution in [3.63, 3.8) is 0 Å². The number of hydrogen-bond acceptors (Lipinski definition) is 6. The summed E-state index contributed by atoms with van der Waals surface area (Å²) in [6.45, 7) is 5.19. The predicted octanol–water partition coefficient (Wildman–Crippen LogP) is 3.75. The minimum Gasteiger partial charge on any atom is -0.343 e. The van der Waals surface area contributed by atoms with E-state index < -0.39 is 5.97 Å². The number of amides is 1. The second-order valence-electron chi connectivity index (χ2n) is 9.56. The Kier molecular flexibility index (Phi) is 8.30. The highest BCUT2D eigenvalue weighted by atomic mass is 19.1. The second kappa shape index (κ2) is 11.6. The Balaban J connectivity index is 1.28. The zero-order chi connectivity index (χ0) is 25.7. The van der Waals surface area contributed by atoms with Crippen LogP contribution >= 0.6 is 0 Å². The van der Waals surface area contributed by atoms with Crippen molar-refractivity contribution >= 4 is 23.4 Å². The summed E-state index contributed by atoms with van der Waals surface area (Å²) >= 11 is 0. The molecule has 1 aromatic carbocycles. The minimum atomic E-state index is -0.490. The molecule has 0 saturated carbocycles. The SMILES string of the molecule is CC(=O)ON=C1CCN(C)C(=O)c2c1ccn2CCCCN1CCC(C(=O)c2ccc(F)cc2)CC1. The van der Waals surface area contributed by atoms with Crippen molar-refractivity contribution in [3.8, 4) is 0 Å². The molecule has 8 nitrogen and oxygen atoms in total. The first-order valence-corrected chi connectivity index (χ1v) is 12.5. The molecule has 1 amide bonds. The molecule has 4 rings (SSSR count). The molecule has 36 heavy (non-hydrogen) atoms. The number of fused-ring (bicyclic) bond motifs is 1. The van der Waals surface area contributed by atoms with E-state index in [1.807, 2.05) is 16.8 Å².